The minimum atomic E-state index is 0.456. The molecule has 0 amide bonds. The predicted octanol–water partition coefficient (Wildman–Crippen LogP) is 3.09. The Morgan fingerprint density at radius 2 is 2.12 bits per heavy atom. The number of Topliss-reactive ketones (excluding diaryl/α,β-unsaturated/α-hetero) is 1. The number of hydrogen-bond acceptors (Lipinski definition) is 2. The maximum atomic E-state index is 11.5. The van der Waals surface area contributed by atoms with Gasteiger partial charge in [0, 0.05) is 12.8 Å². The van der Waals surface area contributed by atoms with Crippen LogP contribution in [0.3, 0.4) is 0 Å². The van der Waals surface area contributed by atoms with Crippen LogP contribution in [0.25, 0.3) is 0 Å². The van der Waals surface area contributed by atoms with Crippen molar-refractivity contribution in [2.75, 3.05) is 7.11 Å². The fraction of sp³-hybridized carbons (Fsp3) is 0.533. The van der Waals surface area contributed by atoms with Crippen molar-refractivity contribution in [3.63, 3.8) is 0 Å². The molecule has 0 heterocycles. The number of benzene rings is 1. The monoisotopic (exact) mass is 230 g/mol. The molecule has 0 spiro atoms. The number of carbonyl (C=O) groups excluding carboxylic acids is 1. The van der Waals surface area contributed by atoms with Crippen LogP contribution in [0.2, 0.25) is 0 Å². The molecule has 1 unspecified atom stereocenters. The number of fused-ring (bicyclic) bond motifs is 3. The van der Waals surface area contributed by atoms with Gasteiger partial charge in [-0.15, -0.1) is 0 Å². The fourth-order valence-electron chi connectivity index (χ4n) is 3.42. The Morgan fingerprint density at radius 1 is 1.24 bits per heavy atom. The fourth-order valence-corrected chi connectivity index (χ4v) is 3.42. The normalized spacial score (nSPS) is 27.2. The number of ketones is 1. The number of rotatable bonds is 1. The third kappa shape index (κ3) is 1.86. The summed E-state index contributed by atoms with van der Waals surface area (Å²) >= 11 is 0. The van der Waals surface area contributed by atoms with Gasteiger partial charge in [0.05, 0.1) is 7.11 Å². The highest BCUT2D eigenvalue weighted by molar-refractivity contribution is 5.80. The van der Waals surface area contributed by atoms with Crippen molar-refractivity contribution in [2.45, 2.75) is 38.0 Å². The van der Waals surface area contributed by atoms with E-state index in [1.807, 2.05) is 6.07 Å². The molecule has 1 saturated carbocycles. The summed E-state index contributed by atoms with van der Waals surface area (Å²) in [6.45, 7) is 0. The van der Waals surface area contributed by atoms with Crippen molar-refractivity contribution in [1.29, 1.82) is 0 Å². The van der Waals surface area contributed by atoms with E-state index in [2.05, 4.69) is 12.1 Å². The average Bonchev–Trinajstić information content (AvgIpc) is 2.37. The molecule has 90 valence electrons. The second kappa shape index (κ2) is 4.17. The first kappa shape index (κ1) is 10.8. The van der Waals surface area contributed by atoms with Gasteiger partial charge in [-0.25, -0.2) is 0 Å². The molecule has 2 atom stereocenters. The molecule has 2 heteroatoms. The van der Waals surface area contributed by atoms with Crippen molar-refractivity contribution in [3.05, 3.63) is 29.3 Å². The Hall–Kier alpha value is -1.31. The Balaban J connectivity index is 1.97. The summed E-state index contributed by atoms with van der Waals surface area (Å²) in [5.74, 6) is 2.57. The van der Waals surface area contributed by atoms with Crippen LogP contribution in [0.1, 0.15) is 42.7 Å². The van der Waals surface area contributed by atoms with E-state index in [0.717, 1.165) is 31.4 Å². The van der Waals surface area contributed by atoms with Crippen LogP contribution in [-0.2, 0) is 11.2 Å². The first-order valence-electron chi connectivity index (χ1n) is 6.46. The number of hydrogen-bond donors (Lipinski definition) is 0. The van der Waals surface area contributed by atoms with E-state index >= 15 is 0 Å². The highest BCUT2D eigenvalue weighted by atomic mass is 16.5. The summed E-state index contributed by atoms with van der Waals surface area (Å²) < 4.78 is 5.31. The number of methoxy groups -OCH3 is 1. The van der Waals surface area contributed by atoms with Crippen LogP contribution < -0.4 is 4.74 Å². The minimum Gasteiger partial charge on any atom is -0.497 e. The van der Waals surface area contributed by atoms with Gasteiger partial charge in [0.25, 0.3) is 0 Å². The van der Waals surface area contributed by atoms with Crippen molar-refractivity contribution in [2.24, 2.45) is 5.92 Å². The molecular weight excluding hydrogens is 212 g/mol. The maximum absolute atomic E-state index is 11.5. The van der Waals surface area contributed by atoms with Crippen LogP contribution in [0.15, 0.2) is 18.2 Å². The van der Waals surface area contributed by atoms with Crippen molar-refractivity contribution < 1.29 is 9.53 Å². The zero-order valence-electron chi connectivity index (χ0n) is 10.2. The molecule has 1 aromatic rings. The SMILES string of the molecule is COc1ccc2c(c1)C1CCC(=O)C[C@@H]1CC2. The summed E-state index contributed by atoms with van der Waals surface area (Å²) in [4.78, 5) is 11.5. The van der Waals surface area contributed by atoms with E-state index in [1.165, 1.54) is 17.5 Å². The lowest BCUT2D eigenvalue weighted by Gasteiger charge is -2.36. The number of aryl methyl sites for hydroxylation is 1. The zero-order valence-corrected chi connectivity index (χ0v) is 10.2. The Labute approximate surface area is 102 Å². The van der Waals surface area contributed by atoms with Gasteiger partial charge in [-0.2, -0.15) is 0 Å². The van der Waals surface area contributed by atoms with E-state index < -0.39 is 0 Å². The molecule has 0 aromatic heterocycles. The smallest absolute Gasteiger partial charge is 0.133 e. The third-order valence-corrected chi connectivity index (χ3v) is 4.33. The molecule has 2 aliphatic carbocycles. The van der Waals surface area contributed by atoms with Gasteiger partial charge in [0.2, 0.25) is 0 Å². The largest absolute Gasteiger partial charge is 0.497 e. The topological polar surface area (TPSA) is 26.3 Å². The summed E-state index contributed by atoms with van der Waals surface area (Å²) in [5.41, 5.74) is 2.90. The minimum absolute atomic E-state index is 0.456. The van der Waals surface area contributed by atoms with Gasteiger partial charge in [-0.1, -0.05) is 6.07 Å². The molecule has 1 fully saturated rings. The van der Waals surface area contributed by atoms with E-state index in [4.69, 9.17) is 4.74 Å². The van der Waals surface area contributed by atoms with E-state index in [9.17, 15) is 4.79 Å². The van der Waals surface area contributed by atoms with Gasteiger partial charge >= 0.3 is 0 Å². The molecule has 0 radical (unpaired) electrons. The van der Waals surface area contributed by atoms with Crippen LogP contribution in [-0.4, -0.2) is 12.9 Å². The second-order valence-corrected chi connectivity index (χ2v) is 5.25. The third-order valence-electron chi connectivity index (χ3n) is 4.33. The molecule has 1 aromatic carbocycles. The molecule has 0 N–H and O–H groups in total. The van der Waals surface area contributed by atoms with E-state index in [1.54, 1.807) is 7.11 Å². The van der Waals surface area contributed by atoms with Crippen molar-refractivity contribution in [1.82, 2.24) is 0 Å². The zero-order chi connectivity index (χ0) is 11.8. The molecule has 17 heavy (non-hydrogen) atoms. The van der Waals surface area contributed by atoms with Gasteiger partial charge in [0.15, 0.2) is 0 Å². The Bertz CT molecular complexity index is 450. The average molecular weight is 230 g/mol. The van der Waals surface area contributed by atoms with Gasteiger partial charge in [0.1, 0.15) is 11.5 Å². The summed E-state index contributed by atoms with van der Waals surface area (Å²) in [6, 6.07) is 6.43. The molecule has 0 bridgehead atoms. The standard InChI is InChI=1S/C15H18O2/c1-17-13-6-4-10-2-3-11-8-12(16)5-7-14(11)15(10)9-13/h4,6,9,11,14H,2-3,5,7-8H2,1H3/t11-,14?/m0/s1. The highest BCUT2D eigenvalue weighted by Gasteiger charge is 2.34. The number of carbonyl (C=O) groups is 1. The summed E-state index contributed by atoms with van der Waals surface area (Å²) in [7, 11) is 1.71. The summed E-state index contributed by atoms with van der Waals surface area (Å²) in [6.07, 6.45) is 4.88. The molecular formula is C15H18O2. The highest BCUT2D eigenvalue weighted by Crippen LogP contribution is 2.44. The lowest BCUT2D eigenvalue weighted by molar-refractivity contribution is -0.122. The molecule has 0 saturated heterocycles. The Kier molecular flexibility index (Phi) is 2.65. The van der Waals surface area contributed by atoms with Gasteiger partial charge in [-0.05, 0) is 54.4 Å². The van der Waals surface area contributed by atoms with Gasteiger partial charge in [-0.3, -0.25) is 4.79 Å². The first-order chi connectivity index (χ1) is 8.28. The predicted molar refractivity (Wildman–Crippen MR) is 66.4 cm³/mol. The van der Waals surface area contributed by atoms with Gasteiger partial charge < -0.3 is 4.74 Å². The van der Waals surface area contributed by atoms with Crippen LogP contribution in [0, 0.1) is 5.92 Å². The van der Waals surface area contributed by atoms with Crippen LogP contribution >= 0.6 is 0 Å². The number of ether oxygens (including phenoxy) is 1. The maximum Gasteiger partial charge on any atom is 0.133 e. The summed E-state index contributed by atoms with van der Waals surface area (Å²) in [5, 5.41) is 0. The van der Waals surface area contributed by atoms with E-state index in [-0.39, 0.29) is 0 Å². The lowest BCUT2D eigenvalue weighted by atomic mass is 9.68. The molecule has 2 nitrogen and oxygen atoms in total. The van der Waals surface area contributed by atoms with E-state index in [0.29, 0.717) is 17.6 Å². The molecule has 2 aliphatic rings. The quantitative estimate of drug-likeness (QED) is 0.741. The molecule has 3 rings (SSSR count). The van der Waals surface area contributed by atoms with Crippen molar-refractivity contribution in [3.8, 4) is 5.75 Å². The molecule has 0 aliphatic heterocycles. The van der Waals surface area contributed by atoms with Crippen molar-refractivity contribution >= 4 is 5.78 Å². The second-order valence-electron chi connectivity index (χ2n) is 5.25. The lowest BCUT2D eigenvalue weighted by Crippen LogP contribution is -2.28. The van der Waals surface area contributed by atoms with Crippen LogP contribution in [0.4, 0.5) is 0 Å². The van der Waals surface area contributed by atoms with Crippen LogP contribution in [0.5, 0.6) is 5.75 Å². The first-order valence-corrected chi connectivity index (χ1v) is 6.46. The Morgan fingerprint density at radius 3 is 2.94 bits per heavy atom.